The molecule has 0 spiro atoms. The van der Waals surface area contributed by atoms with Crippen LogP contribution in [-0.2, 0) is 4.74 Å². The van der Waals surface area contributed by atoms with Crippen molar-refractivity contribution >= 4 is 40.1 Å². The molecule has 34 heavy (non-hydrogen) atoms. The number of rotatable bonds is 3. The number of aromatic nitrogens is 2. The van der Waals surface area contributed by atoms with Crippen molar-refractivity contribution in [2.24, 2.45) is 0 Å². The number of anilines is 3. The van der Waals surface area contributed by atoms with Gasteiger partial charge in [0.05, 0.1) is 28.6 Å². The number of nitrogens with two attached hydrogens (primary N) is 1. The lowest BCUT2D eigenvalue weighted by Crippen LogP contribution is -2.50. The number of fused-ring (bicyclic) bond motifs is 1. The van der Waals surface area contributed by atoms with Crippen LogP contribution < -0.4 is 16.0 Å². The second kappa shape index (κ2) is 9.12. The van der Waals surface area contributed by atoms with Crippen LogP contribution in [0.3, 0.4) is 0 Å². The van der Waals surface area contributed by atoms with Gasteiger partial charge in [-0.2, -0.15) is 0 Å². The van der Waals surface area contributed by atoms with Gasteiger partial charge in [0, 0.05) is 31.9 Å². The molecule has 0 unspecified atom stereocenters. The third-order valence-electron chi connectivity index (χ3n) is 5.32. The average Bonchev–Trinajstić information content (AvgIpc) is 2.79. The number of piperazine rings is 1. The summed E-state index contributed by atoms with van der Waals surface area (Å²) in [6.45, 7) is 7.99. The van der Waals surface area contributed by atoms with E-state index in [1.165, 1.54) is 18.3 Å². The van der Waals surface area contributed by atoms with Gasteiger partial charge in [-0.3, -0.25) is 9.78 Å². The van der Waals surface area contributed by atoms with Crippen LogP contribution >= 0.6 is 0 Å². The molecule has 3 N–H and O–H groups in total. The van der Waals surface area contributed by atoms with Gasteiger partial charge in [-0.25, -0.2) is 14.2 Å². The highest BCUT2D eigenvalue weighted by Gasteiger charge is 2.26. The fourth-order valence-corrected chi connectivity index (χ4v) is 3.60. The van der Waals surface area contributed by atoms with Crippen molar-refractivity contribution in [3.05, 3.63) is 54.1 Å². The minimum absolute atomic E-state index is 0.0925. The zero-order chi connectivity index (χ0) is 24.5. The molecule has 3 aromatic rings. The summed E-state index contributed by atoms with van der Waals surface area (Å²) in [6, 6.07) is 9.35. The van der Waals surface area contributed by atoms with Crippen molar-refractivity contribution in [3.8, 4) is 0 Å². The van der Waals surface area contributed by atoms with E-state index in [4.69, 9.17) is 10.5 Å². The SMILES string of the molecule is CC(C)(C)OC(=O)N1CCN(c2ccc3nc(C(=O)Nc4cc(F)ccc4N)cnc3c2)CC1. The Morgan fingerprint density at radius 2 is 1.79 bits per heavy atom. The molecule has 0 bridgehead atoms. The molecule has 2 aromatic carbocycles. The second-order valence-electron chi connectivity index (χ2n) is 9.07. The number of benzene rings is 2. The molecule has 0 saturated carbocycles. The Morgan fingerprint density at radius 3 is 2.50 bits per heavy atom. The predicted octanol–water partition coefficient (Wildman–Crippen LogP) is 3.66. The zero-order valence-corrected chi connectivity index (χ0v) is 19.3. The number of carbonyl (C=O) groups excluding carboxylic acids is 2. The van der Waals surface area contributed by atoms with Gasteiger partial charge in [-0.05, 0) is 57.2 Å². The quantitative estimate of drug-likeness (QED) is 0.566. The van der Waals surface area contributed by atoms with Gasteiger partial charge in [0.25, 0.3) is 5.91 Å². The van der Waals surface area contributed by atoms with Crippen LogP contribution in [0.1, 0.15) is 31.3 Å². The second-order valence-corrected chi connectivity index (χ2v) is 9.07. The van der Waals surface area contributed by atoms with Crippen molar-refractivity contribution in [3.63, 3.8) is 0 Å². The van der Waals surface area contributed by atoms with E-state index in [1.807, 2.05) is 32.9 Å². The predicted molar refractivity (Wildman–Crippen MR) is 128 cm³/mol. The first kappa shape index (κ1) is 23.2. The zero-order valence-electron chi connectivity index (χ0n) is 19.3. The maximum atomic E-state index is 13.5. The molecule has 2 heterocycles. The summed E-state index contributed by atoms with van der Waals surface area (Å²) in [5.41, 5.74) is 7.93. The molecule has 178 valence electrons. The first-order valence-electron chi connectivity index (χ1n) is 11.0. The molecule has 10 heteroatoms. The molecule has 1 fully saturated rings. The Bertz CT molecular complexity index is 1240. The van der Waals surface area contributed by atoms with Crippen molar-refractivity contribution in [2.45, 2.75) is 26.4 Å². The van der Waals surface area contributed by atoms with E-state index < -0.39 is 17.3 Å². The lowest BCUT2D eigenvalue weighted by Gasteiger charge is -2.36. The first-order valence-corrected chi connectivity index (χ1v) is 11.0. The maximum Gasteiger partial charge on any atom is 0.410 e. The fourth-order valence-electron chi connectivity index (χ4n) is 3.60. The molecular formula is C24H27FN6O3. The number of ether oxygens (including phenoxy) is 1. The maximum absolute atomic E-state index is 13.5. The lowest BCUT2D eigenvalue weighted by molar-refractivity contribution is 0.0240. The van der Waals surface area contributed by atoms with Gasteiger partial charge < -0.3 is 25.6 Å². The van der Waals surface area contributed by atoms with Crippen LogP contribution in [0.5, 0.6) is 0 Å². The molecule has 0 radical (unpaired) electrons. The van der Waals surface area contributed by atoms with Gasteiger partial charge in [0.1, 0.15) is 17.1 Å². The minimum atomic E-state index is -0.533. The molecule has 0 aliphatic carbocycles. The third-order valence-corrected chi connectivity index (χ3v) is 5.32. The van der Waals surface area contributed by atoms with Crippen LogP contribution in [0.4, 0.5) is 26.2 Å². The van der Waals surface area contributed by atoms with E-state index >= 15 is 0 Å². The Hall–Kier alpha value is -3.95. The van der Waals surface area contributed by atoms with Crippen LogP contribution in [0, 0.1) is 5.82 Å². The van der Waals surface area contributed by atoms with E-state index in [0.717, 1.165) is 11.8 Å². The molecule has 9 nitrogen and oxygen atoms in total. The highest BCUT2D eigenvalue weighted by atomic mass is 19.1. The van der Waals surface area contributed by atoms with Crippen LogP contribution in [0.2, 0.25) is 0 Å². The van der Waals surface area contributed by atoms with Crippen LogP contribution in [0.25, 0.3) is 11.0 Å². The number of hydrogen-bond donors (Lipinski definition) is 2. The molecule has 0 atom stereocenters. The lowest BCUT2D eigenvalue weighted by atomic mass is 10.2. The molecule has 4 rings (SSSR count). The monoisotopic (exact) mass is 466 g/mol. The van der Waals surface area contributed by atoms with Gasteiger partial charge in [0.2, 0.25) is 0 Å². The largest absolute Gasteiger partial charge is 0.444 e. The molecule has 1 aromatic heterocycles. The number of hydrogen-bond acceptors (Lipinski definition) is 7. The highest BCUT2D eigenvalue weighted by Crippen LogP contribution is 2.23. The van der Waals surface area contributed by atoms with E-state index in [-0.39, 0.29) is 23.2 Å². The third kappa shape index (κ3) is 5.33. The standard InChI is InChI=1S/C24H27FN6O3/c1-24(2,3)34-23(33)31-10-8-30(9-11-31)16-5-7-18-20(13-16)27-14-21(28-18)22(32)29-19-12-15(25)4-6-17(19)26/h4-7,12-14H,8-11,26H2,1-3H3,(H,29,32). The van der Waals surface area contributed by atoms with Crippen molar-refractivity contribution < 1.29 is 18.7 Å². The van der Waals surface area contributed by atoms with E-state index in [9.17, 15) is 14.0 Å². The van der Waals surface area contributed by atoms with E-state index in [1.54, 1.807) is 11.0 Å². The summed E-state index contributed by atoms with van der Waals surface area (Å²) in [6.07, 6.45) is 1.07. The average molecular weight is 467 g/mol. The number of carbonyl (C=O) groups is 2. The Balaban J connectivity index is 1.43. The fraction of sp³-hybridized carbons (Fsp3) is 0.333. The van der Waals surface area contributed by atoms with Crippen molar-refractivity contribution in [2.75, 3.05) is 42.1 Å². The molecule has 1 aliphatic rings. The smallest absolute Gasteiger partial charge is 0.410 e. The summed E-state index contributed by atoms with van der Waals surface area (Å²) in [7, 11) is 0. The highest BCUT2D eigenvalue weighted by molar-refractivity contribution is 6.05. The number of nitrogen functional groups attached to an aromatic ring is 1. The van der Waals surface area contributed by atoms with Gasteiger partial charge in [-0.1, -0.05) is 0 Å². The Morgan fingerprint density at radius 1 is 1.06 bits per heavy atom. The number of halogens is 1. The van der Waals surface area contributed by atoms with Crippen molar-refractivity contribution in [1.29, 1.82) is 0 Å². The van der Waals surface area contributed by atoms with Gasteiger partial charge >= 0.3 is 6.09 Å². The normalized spacial score (nSPS) is 14.2. The first-order chi connectivity index (χ1) is 16.1. The topological polar surface area (TPSA) is 114 Å². The summed E-state index contributed by atoms with van der Waals surface area (Å²) < 4.78 is 18.9. The van der Waals surface area contributed by atoms with Crippen LogP contribution in [-0.4, -0.2) is 58.6 Å². The summed E-state index contributed by atoms with van der Waals surface area (Å²) in [5, 5.41) is 2.57. The minimum Gasteiger partial charge on any atom is -0.444 e. The van der Waals surface area contributed by atoms with E-state index in [0.29, 0.717) is 37.2 Å². The van der Waals surface area contributed by atoms with E-state index in [2.05, 4.69) is 20.2 Å². The number of amides is 2. The number of nitrogens with zero attached hydrogens (tertiary/aromatic N) is 4. The molecule has 1 saturated heterocycles. The van der Waals surface area contributed by atoms with Crippen LogP contribution in [0.15, 0.2) is 42.6 Å². The summed E-state index contributed by atoms with van der Waals surface area (Å²) in [4.78, 5) is 37.5. The summed E-state index contributed by atoms with van der Waals surface area (Å²) in [5.74, 6) is -1.04. The molecular weight excluding hydrogens is 439 g/mol. The number of nitrogens with one attached hydrogen (secondary N) is 1. The Kier molecular flexibility index (Phi) is 6.23. The summed E-state index contributed by atoms with van der Waals surface area (Å²) >= 11 is 0. The molecule has 2 amide bonds. The van der Waals surface area contributed by atoms with Gasteiger partial charge in [0.15, 0.2) is 0 Å². The van der Waals surface area contributed by atoms with Gasteiger partial charge in [-0.15, -0.1) is 0 Å². The Labute approximate surface area is 196 Å². The molecule has 1 aliphatic heterocycles. The van der Waals surface area contributed by atoms with Crippen molar-refractivity contribution in [1.82, 2.24) is 14.9 Å².